The van der Waals surface area contributed by atoms with Crippen LogP contribution >= 0.6 is 0 Å². The van der Waals surface area contributed by atoms with Crippen molar-refractivity contribution in [1.29, 1.82) is 0 Å². The zero-order chi connectivity index (χ0) is 8.55. The first-order valence-corrected chi connectivity index (χ1v) is 3.43. The number of nitrogens with zero attached hydrogens (tertiary/aromatic N) is 1. The number of rotatable bonds is 1. The minimum atomic E-state index is -1.26. The summed E-state index contributed by atoms with van der Waals surface area (Å²) >= 11 is 0. The van der Waals surface area contributed by atoms with Gasteiger partial charge in [-0.1, -0.05) is 18.2 Å². The molecule has 0 bridgehead atoms. The van der Waals surface area contributed by atoms with Crippen molar-refractivity contribution >= 4 is 16.9 Å². The molecule has 0 aliphatic carbocycles. The molecule has 0 aliphatic rings. The van der Waals surface area contributed by atoms with Crippen LogP contribution in [0.15, 0.2) is 24.3 Å². The average Bonchev–Trinajstić information content (AvgIpc) is 2.47. The highest BCUT2D eigenvalue weighted by Crippen LogP contribution is 2.14. The molecule has 1 heterocycles. The molecule has 12 heavy (non-hydrogen) atoms. The van der Waals surface area contributed by atoms with Crippen molar-refractivity contribution in [1.82, 2.24) is 10.2 Å². The Morgan fingerprint density at radius 1 is 1.33 bits per heavy atom. The zero-order valence-corrected chi connectivity index (χ0v) is 6.07. The third kappa shape index (κ3) is 0.852. The first kappa shape index (κ1) is 6.84. The number of aromatic amines is 1. The van der Waals surface area contributed by atoms with Gasteiger partial charge < -0.3 is 0 Å². The number of aromatic nitrogens is 2. The van der Waals surface area contributed by atoms with Gasteiger partial charge in [0, 0.05) is 5.39 Å². The first-order chi connectivity index (χ1) is 5.79. The number of carbonyl (C=O) groups excluding carboxylic acids is 1. The van der Waals surface area contributed by atoms with Gasteiger partial charge in [0.1, 0.15) is 0 Å². The summed E-state index contributed by atoms with van der Waals surface area (Å²) in [7, 11) is 0. The molecule has 0 atom stereocenters. The van der Waals surface area contributed by atoms with Crippen molar-refractivity contribution in [3.05, 3.63) is 30.0 Å². The molecule has 0 spiro atoms. The van der Waals surface area contributed by atoms with Crippen LogP contribution in [0, 0.1) is 0 Å². The fraction of sp³-hybridized carbons (Fsp3) is 0. The maximum Gasteiger partial charge on any atom is 0.407 e. The van der Waals surface area contributed by atoms with E-state index in [2.05, 4.69) is 10.2 Å². The normalized spacial score (nSPS) is 10.3. The average molecular weight is 161 g/mol. The van der Waals surface area contributed by atoms with Crippen LogP contribution in [0.1, 0.15) is 10.5 Å². The molecule has 0 amide bonds. The van der Waals surface area contributed by atoms with Crippen molar-refractivity contribution in [2.45, 2.75) is 0 Å². The second-order valence-electron chi connectivity index (χ2n) is 2.41. The number of hydrogen-bond acceptors (Lipinski definition) is 2. The smallest absolute Gasteiger partial charge is 0.277 e. The van der Waals surface area contributed by atoms with Gasteiger partial charge in [0.25, 0.3) is 0 Å². The SMILES string of the molecule is [O]C(=O)c1n[nH]c2ccccc12. The molecule has 1 aromatic carbocycles. The van der Waals surface area contributed by atoms with Crippen molar-refractivity contribution < 1.29 is 9.90 Å². The molecule has 2 aromatic rings. The summed E-state index contributed by atoms with van der Waals surface area (Å²) in [6.45, 7) is 0. The highest BCUT2D eigenvalue weighted by Gasteiger charge is 2.12. The van der Waals surface area contributed by atoms with E-state index in [1.807, 2.05) is 0 Å². The Morgan fingerprint density at radius 3 is 2.83 bits per heavy atom. The van der Waals surface area contributed by atoms with Crippen LogP contribution in [0.3, 0.4) is 0 Å². The standard InChI is InChI=1S/C8H5N2O2/c11-8(12)7-5-3-1-2-4-6(5)9-10-7/h1-4H,(H,9,10). The lowest BCUT2D eigenvalue weighted by atomic mass is 10.2. The Kier molecular flexibility index (Phi) is 1.33. The lowest BCUT2D eigenvalue weighted by Gasteiger charge is -1.85. The summed E-state index contributed by atoms with van der Waals surface area (Å²) in [6.07, 6.45) is 0. The predicted molar refractivity (Wildman–Crippen MR) is 41.1 cm³/mol. The Bertz CT molecular complexity index is 433. The Labute approximate surface area is 67.8 Å². The molecule has 0 saturated heterocycles. The largest absolute Gasteiger partial charge is 0.407 e. The van der Waals surface area contributed by atoms with Crippen molar-refractivity contribution in [3.63, 3.8) is 0 Å². The van der Waals surface area contributed by atoms with E-state index < -0.39 is 5.97 Å². The van der Waals surface area contributed by atoms with Crippen molar-refractivity contribution in [2.24, 2.45) is 0 Å². The maximum atomic E-state index is 10.5. The molecule has 0 fully saturated rings. The summed E-state index contributed by atoms with van der Waals surface area (Å²) < 4.78 is 0. The van der Waals surface area contributed by atoms with Gasteiger partial charge in [0.2, 0.25) is 0 Å². The van der Waals surface area contributed by atoms with E-state index in [1.54, 1.807) is 24.3 Å². The highest BCUT2D eigenvalue weighted by molar-refractivity contribution is 6.00. The molecule has 1 radical (unpaired) electrons. The van der Waals surface area contributed by atoms with Crippen LogP contribution in [0.25, 0.3) is 10.9 Å². The number of H-pyrrole nitrogens is 1. The number of nitrogens with one attached hydrogen (secondary N) is 1. The molecule has 59 valence electrons. The second-order valence-corrected chi connectivity index (χ2v) is 2.41. The number of carbonyl (C=O) groups is 1. The first-order valence-electron chi connectivity index (χ1n) is 3.43. The quantitative estimate of drug-likeness (QED) is 0.681. The summed E-state index contributed by atoms with van der Waals surface area (Å²) in [6, 6.07) is 7.00. The van der Waals surface area contributed by atoms with E-state index in [0.29, 0.717) is 10.9 Å². The summed E-state index contributed by atoms with van der Waals surface area (Å²) in [5, 5.41) is 17.3. The van der Waals surface area contributed by atoms with Gasteiger partial charge in [0.05, 0.1) is 5.52 Å². The van der Waals surface area contributed by atoms with Crippen molar-refractivity contribution in [2.75, 3.05) is 0 Å². The molecule has 4 heteroatoms. The van der Waals surface area contributed by atoms with Gasteiger partial charge in [-0.2, -0.15) is 5.10 Å². The highest BCUT2D eigenvalue weighted by atomic mass is 16.4. The van der Waals surface area contributed by atoms with Gasteiger partial charge in [0.15, 0.2) is 5.69 Å². The molecule has 4 nitrogen and oxygen atoms in total. The second kappa shape index (κ2) is 2.34. The van der Waals surface area contributed by atoms with Gasteiger partial charge in [-0.25, -0.2) is 9.90 Å². The van der Waals surface area contributed by atoms with E-state index in [-0.39, 0.29) is 5.69 Å². The zero-order valence-electron chi connectivity index (χ0n) is 6.07. The van der Waals surface area contributed by atoms with E-state index in [1.165, 1.54) is 0 Å². The van der Waals surface area contributed by atoms with E-state index in [0.717, 1.165) is 0 Å². The minimum absolute atomic E-state index is 0.0365. The molecular formula is C8H5N2O2. The monoisotopic (exact) mass is 161 g/mol. The van der Waals surface area contributed by atoms with Gasteiger partial charge in [-0.15, -0.1) is 0 Å². The molecule has 0 unspecified atom stereocenters. The van der Waals surface area contributed by atoms with Crippen LogP contribution in [0.4, 0.5) is 0 Å². The van der Waals surface area contributed by atoms with Gasteiger partial charge >= 0.3 is 5.97 Å². The van der Waals surface area contributed by atoms with Gasteiger partial charge in [-0.3, -0.25) is 5.10 Å². The molecule has 0 aliphatic heterocycles. The summed E-state index contributed by atoms with van der Waals surface area (Å²) in [4.78, 5) is 10.5. The number of benzene rings is 1. The van der Waals surface area contributed by atoms with Crippen LogP contribution in [0.5, 0.6) is 0 Å². The van der Waals surface area contributed by atoms with E-state index >= 15 is 0 Å². The lowest BCUT2D eigenvalue weighted by Crippen LogP contribution is -1.94. The fourth-order valence-electron chi connectivity index (χ4n) is 1.12. The van der Waals surface area contributed by atoms with Crippen LogP contribution < -0.4 is 0 Å². The molecular weight excluding hydrogens is 156 g/mol. The Morgan fingerprint density at radius 2 is 2.08 bits per heavy atom. The van der Waals surface area contributed by atoms with Gasteiger partial charge in [-0.05, 0) is 6.07 Å². The summed E-state index contributed by atoms with van der Waals surface area (Å²) in [5.41, 5.74) is 0.669. The predicted octanol–water partition coefficient (Wildman–Crippen LogP) is 1.13. The Hall–Kier alpha value is -1.84. The Balaban J connectivity index is 2.79. The topological polar surface area (TPSA) is 65.7 Å². The number of para-hydroxylation sites is 1. The van der Waals surface area contributed by atoms with Crippen LogP contribution in [-0.2, 0) is 5.11 Å². The van der Waals surface area contributed by atoms with Crippen molar-refractivity contribution in [3.8, 4) is 0 Å². The van der Waals surface area contributed by atoms with E-state index in [9.17, 15) is 9.90 Å². The fourth-order valence-corrected chi connectivity index (χ4v) is 1.12. The third-order valence-corrected chi connectivity index (χ3v) is 1.66. The molecule has 1 N–H and O–H groups in total. The minimum Gasteiger partial charge on any atom is -0.277 e. The van der Waals surface area contributed by atoms with E-state index in [4.69, 9.17) is 0 Å². The van der Waals surface area contributed by atoms with Crippen LogP contribution in [0.2, 0.25) is 0 Å². The molecule has 0 saturated carbocycles. The third-order valence-electron chi connectivity index (χ3n) is 1.66. The lowest BCUT2D eigenvalue weighted by molar-refractivity contribution is 0.0568. The van der Waals surface area contributed by atoms with Crippen LogP contribution in [-0.4, -0.2) is 16.2 Å². The number of fused-ring (bicyclic) bond motifs is 1. The molecule has 2 rings (SSSR count). The number of hydrogen-bond donors (Lipinski definition) is 1. The maximum absolute atomic E-state index is 10.5. The molecule has 1 aromatic heterocycles. The summed E-state index contributed by atoms with van der Waals surface area (Å²) in [5.74, 6) is -1.26.